The van der Waals surface area contributed by atoms with Crippen LogP contribution in [0, 0.1) is 0 Å². The van der Waals surface area contributed by atoms with Gasteiger partial charge in [0.1, 0.15) is 0 Å². The molecule has 0 aromatic heterocycles. The van der Waals surface area contributed by atoms with E-state index in [1.165, 1.54) is 76.8 Å². The van der Waals surface area contributed by atoms with E-state index in [0.717, 1.165) is 6.42 Å². The molecule has 180 valence electrons. The first kappa shape index (κ1) is 21.6. The molecule has 0 amide bonds. The minimum atomic E-state index is -0.0336. The van der Waals surface area contributed by atoms with Gasteiger partial charge in [-0.1, -0.05) is 129 Å². The molecule has 0 saturated heterocycles. The normalized spacial score (nSPS) is 13.8. The molecule has 1 aliphatic rings. The average Bonchev–Trinajstić information content (AvgIpc) is 3.18. The van der Waals surface area contributed by atoms with Gasteiger partial charge in [-0.2, -0.15) is 0 Å². The Morgan fingerprint density at radius 3 is 1.95 bits per heavy atom. The largest absolute Gasteiger partial charge is 0.0622 e. The van der Waals surface area contributed by atoms with E-state index in [1.54, 1.807) is 0 Å². The number of hydrogen-bond acceptors (Lipinski definition) is 0. The van der Waals surface area contributed by atoms with Crippen molar-refractivity contribution >= 4 is 32.3 Å². The molecule has 0 saturated carbocycles. The second kappa shape index (κ2) is 7.79. The first-order valence-electron chi connectivity index (χ1n) is 13.6. The van der Waals surface area contributed by atoms with Crippen LogP contribution in [-0.2, 0) is 11.8 Å². The molecule has 0 spiro atoms. The molecule has 7 aromatic rings. The van der Waals surface area contributed by atoms with Gasteiger partial charge in [-0.3, -0.25) is 0 Å². The fraction of sp³-hybridized carbons (Fsp3) is 0.105. The third kappa shape index (κ3) is 3.04. The summed E-state index contributed by atoms with van der Waals surface area (Å²) in [6.07, 6.45) is 0.934. The molecule has 0 bridgehead atoms. The molecule has 0 heteroatoms. The van der Waals surface area contributed by atoms with Crippen LogP contribution in [0.2, 0.25) is 0 Å². The number of rotatable bonds is 3. The van der Waals surface area contributed by atoms with Gasteiger partial charge in [0, 0.05) is 5.41 Å². The zero-order valence-corrected chi connectivity index (χ0v) is 21.8. The molecule has 0 fully saturated rings. The predicted molar refractivity (Wildman–Crippen MR) is 162 cm³/mol. The summed E-state index contributed by atoms with van der Waals surface area (Å²) in [5.74, 6) is 0. The number of benzene rings is 7. The van der Waals surface area contributed by atoms with E-state index in [-0.39, 0.29) is 5.41 Å². The topological polar surface area (TPSA) is 0 Å². The highest BCUT2D eigenvalue weighted by atomic mass is 14.4. The Morgan fingerprint density at radius 1 is 0.500 bits per heavy atom. The zero-order chi connectivity index (χ0) is 25.4. The highest BCUT2D eigenvalue weighted by Crippen LogP contribution is 2.50. The van der Waals surface area contributed by atoms with Crippen LogP contribution in [0.15, 0.2) is 121 Å². The monoisotopic (exact) mass is 484 g/mol. The van der Waals surface area contributed by atoms with Crippen LogP contribution in [0.3, 0.4) is 0 Å². The second-order valence-electron chi connectivity index (χ2n) is 11.4. The Hall–Kier alpha value is -4.42. The van der Waals surface area contributed by atoms with Gasteiger partial charge in [-0.25, -0.2) is 0 Å². The minimum Gasteiger partial charge on any atom is -0.0622 e. The summed E-state index contributed by atoms with van der Waals surface area (Å²) >= 11 is 0. The van der Waals surface area contributed by atoms with Gasteiger partial charge >= 0.3 is 0 Å². The molecule has 0 aliphatic heterocycles. The van der Waals surface area contributed by atoms with E-state index in [4.69, 9.17) is 0 Å². The van der Waals surface area contributed by atoms with E-state index < -0.39 is 0 Å². The molecular weight excluding hydrogens is 456 g/mol. The van der Waals surface area contributed by atoms with E-state index in [0.29, 0.717) is 0 Å². The molecule has 7 aromatic carbocycles. The van der Waals surface area contributed by atoms with Crippen molar-refractivity contribution in [3.63, 3.8) is 0 Å². The van der Waals surface area contributed by atoms with E-state index in [2.05, 4.69) is 135 Å². The molecule has 8 rings (SSSR count). The second-order valence-corrected chi connectivity index (χ2v) is 11.4. The maximum atomic E-state index is 2.47. The Balaban J connectivity index is 1.22. The van der Waals surface area contributed by atoms with E-state index in [9.17, 15) is 0 Å². The van der Waals surface area contributed by atoms with E-state index in [1.807, 2.05) is 0 Å². The van der Waals surface area contributed by atoms with Crippen molar-refractivity contribution in [3.8, 4) is 22.3 Å². The van der Waals surface area contributed by atoms with Crippen molar-refractivity contribution in [1.82, 2.24) is 0 Å². The Labute approximate surface area is 223 Å². The van der Waals surface area contributed by atoms with Crippen LogP contribution in [0.4, 0.5) is 0 Å². The molecule has 0 radical (unpaired) electrons. The van der Waals surface area contributed by atoms with Crippen molar-refractivity contribution < 1.29 is 0 Å². The first-order valence-corrected chi connectivity index (χ1v) is 13.6. The summed E-state index contributed by atoms with van der Waals surface area (Å²) in [4.78, 5) is 0. The Bertz CT molecular complexity index is 1990. The Kier molecular flexibility index (Phi) is 4.44. The lowest BCUT2D eigenvalue weighted by Crippen LogP contribution is -2.15. The Morgan fingerprint density at radius 2 is 1.16 bits per heavy atom. The summed E-state index contributed by atoms with van der Waals surface area (Å²) in [5, 5.41) is 8.15. The van der Waals surface area contributed by atoms with Gasteiger partial charge in [-0.05, 0) is 89.3 Å². The zero-order valence-electron chi connectivity index (χ0n) is 21.8. The first-order chi connectivity index (χ1) is 18.6. The lowest BCUT2D eigenvalue weighted by atomic mass is 9.80. The summed E-state index contributed by atoms with van der Waals surface area (Å²) < 4.78 is 0. The van der Waals surface area contributed by atoms with Crippen molar-refractivity contribution in [2.24, 2.45) is 0 Å². The summed E-state index contributed by atoms with van der Waals surface area (Å²) in [6.45, 7) is 4.76. The maximum Gasteiger partial charge on any atom is 0.0159 e. The number of fused-ring (bicyclic) bond motifs is 3. The minimum absolute atomic E-state index is 0.0336. The van der Waals surface area contributed by atoms with Crippen molar-refractivity contribution in [2.75, 3.05) is 0 Å². The fourth-order valence-corrected chi connectivity index (χ4v) is 6.87. The molecule has 38 heavy (non-hydrogen) atoms. The molecule has 0 nitrogen and oxygen atoms in total. The van der Waals surface area contributed by atoms with Gasteiger partial charge < -0.3 is 0 Å². The lowest BCUT2D eigenvalue weighted by Gasteiger charge is -2.23. The quantitative estimate of drug-likeness (QED) is 0.219. The highest BCUT2D eigenvalue weighted by Gasteiger charge is 2.35. The number of hydrogen-bond donors (Lipinski definition) is 0. The molecule has 0 N–H and O–H groups in total. The molecular formula is C38H28. The van der Waals surface area contributed by atoms with Crippen LogP contribution in [0.25, 0.3) is 54.6 Å². The third-order valence-corrected chi connectivity index (χ3v) is 8.86. The van der Waals surface area contributed by atoms with Gasteiger partial charge in [0.15, 0.2) is 0 Å². The van der Waals surface area contributed by atoms with Crippen molar-refractivity contribution in [1.29, 1.82) is 0 Å². The highest BCUT2D eigenvalue weighted by molar-refractivity contribution is 6.23. The average molecular weight is 485 g/mol. The van der Waals surface area contributed by atoms with Crippen molar-refractivity contribution in [2.45, 2.75) is 25.7 Å². The third-order valence-electron chi connectivity index (χ3n) is 8.86. The fourth-order valence-electron chi connectivity index (χ4n) is 6.87. The SMILES string of the molecule is CC1(C)c2cc(Cc3ccc4ccc5cccc6ccc3c4c56)ccc2-c2ccc(-c3ccccc3)cc21. The predicted octanol–water partition coefficient (Wildman–Crippen LogP) is 10.1. The van der Waals surface area contributed by atoms with Crippen LogP contribution in [-0.4, -0.2) is 0 Å². The molecule has 0 unspecified atom stereocenters. The van der Waals surface area contributed by atoms with Gasteiger partial charge in [0.05, 0.1) is 0 Å². The van der Waals surface area contributed by atoms with Crippen molar-refractivity contribution in [3.05, 3.63) is 144 Å². The van der Waals surface area contributed by atoms with Crippen LogP contribution >= 0.6 is 0 Å². The van der Waals surface area contributed by atoms with Crippen LogP contribution in [0.1, 0.15) is 36.1 Å². The molecule has 0 atom stereocenters. The lowest BCUT2D eigenvalue weighted by molar-refractivity contribution is 0.659. The van der Waals surface area contributed by atoms with Gasteiger partial charge in [0.2, 0.25) is 0 Å². The van der Waals surface area contributed by atoms with E-state index >= 15 is 0 Å². The van der Waals surface area contributed by atoms with Crippen LogP contribution < -0.4 is 0 Å². The van der Waals surface area contributed by atoms with Crippen LogP contribution in [0.5, 0.6) is 0 Å². The summed E-state index contributed by atoms with van der Waals surface area (Å²) in [7, 11) is 0. The maximum absolute atomic E-state index is 2.47. The van der Waals surface area contributed by atoms with Gasteiger partial charge in [-0.15, -0.1) is 0 Å². The summed E-state index contributed by atoms with van der Waals surface area (Å²) in [5.41, 5.74) is 10.9. The summed E-state index contributed by atoms with van der Waals surface area (Å²) in [6, 6.07) is 45.3. The molecule has 0 heterocycles. The smallest absolute Gasteiger partial charge is 0.0159 e. The van der Waals surface area contributed by atoms with Gasteiger partial charge in [0.25, 0.3) is 0 Å². The molecule has 1 aliphatic carbocycles. The standard InChI is InChI=1S/C38H28/c1-38(2)34-22-24(11-18-32(34)33-20-17-29(23-35(33)38)25-7-4-3-5-8-25)21-30-15-14-28-13-12-26-9-6-10-27-16-19-31(30)37(28)36(26)27/h3-20,22-23H,21H2,1-2H3.